The van der Waals surface area contributed by atoms with Gasteiger partial charge in [0, 0.05) is 7.98 Å². The summed E-state index contributed by atoms with van der Waals surface area (Å²) in [5.74, 6) is -0.145. The first-order valence-electron chi connectivity index (χ1n) is 5.20. The van der Waals surface area contributed by atoms with E-state index in [4.69, 9.17) is 6.11 Å². The molecule has 1 saturated heterocycles. The highest BCUT2D eigenvalue weighted by atomic mass is 16.5. The van der Waals surface area contributed by atoms with E-state index in [2.05, 4.69) is 6.92 Å². The molecule has 0 atom stereocenters. The quantitative estimate of drug-likeness (QED) is 0.522. The van der Waals surface area contributed by atoms with Crippen molar-refractivity contribution in [1.29, 1.82) is 0 Å². The Labute approximate surface area is 70.5 Å². The molecule has 0 radical (unpaired) electrons. The van der Waals surface area contributed by atoms with E-state index < -0.39 is 0 Å². The van der Waals surface area contributed by atoms with Gasteiger partial charge in [-0.05, 0) is 30.6 Å². The van der Waals surface area contributed by atoms with E-state index >= 15 is 0 Å². The zero-order chi connectivity index (χ0) is 8.66. The molecule has 1 heterocycles. The molecule has 1 aliphatic heterocycles. The number of hydrogen-bond donors (Lipinski definition) is 0. The molecule has 0 amide bonds. The van der Waals surface area contributed by atoms with Crippen molar-refractivity contribution in [2.75, 3.05) is 13.2 Å². The van der Waals surface area contributed by atoms with Crippen LogP contribution in [0, 0.1) is 11.3 Å². The molecule has 2 fully saturated rings. The standard InChI is InChI=1S/C10H18O/c1-9-2-4-10(5-3-9)6-7-11-8-10/h9H,2-8H2,1H3/i9D. The molecule has 0 bridgehead atoms. The summed E-state index contributed by atoms with van der Waals surface area (Å²) in [6, 6.07) is 0. The normalized spacial score (nSPS) is 53.0. The fourth-order valence-corrected chi connectivity index (χ4v) is 2.25. The van der Waals surface area contributed by atoms with Gasteiger partial charge in [0.25, 0.3) is 0 Å². The van der Waals surface area contributed by atoms with Gasteiger partial charge < -0.3 is 4.74 Å². The second-order valence-corrected chi connectivity index (χ2v) is 4.26. The van der Waals surface area contributed by atoms with Crippen molar-refractivity contribution in [3.05, 3.63) is 0 Å². The third-order valence-corrected chi connectivity index (χ3v) is 3.35. The van der Waals surface area contributed by atoms with Crippen molar-refractivity contribution in [2.24, 2.45) is 11.3 Å². The Bertz CT molecular complexity index is 159. The first kappa shape index (κ1) is 6.47. The van der Waals surface area contributed by atoms with E-state index in [1.54, 1.807) is 0 Å². The van der Waals surface area contributed by atoms with Gasteiger partial charge in [-0.3, -0.25) is 0 Å². The van der Waals surface area contributed by atoms with Gasteiger partial charge in [0.05, 0.1) is 6.61 Å². The zero-order valence-electron chi connectivity index (χ0n) is 8.36. The Morgan fingerprint density at radius 1 is 1.36 bits per heavy atom. The molecule has 0 N–H and O–H groups in total. The zero-order valence-corrected chi connectivity index (χ0v) is 7.36. The Balaban J connectivity index is 1.97. The van der Waals surface area contributed by atoms with Crippen LogP contribution in [0.3, 0.4) is 0 Å². The number of rotatable bonds is 0. The maximum absolute atomic E-state index is 7.93. The molecule has 1 spiro atoms. The van der Waals surface area contributed by atoms with Crippen LogP contribution in [-0.2, 0) is 4.74 Å². The summed E-state index contributed by atoms with van der Waals surface area (Å²) in [6.07, 6.45) is 5.80. The molecule has 11 heavy (non-hydrogen) atoms. The minimum atomic E-state index is -0.145. The minimum absolute atomic E-state index is 0.145. The second-order valence-electron chi connectivity index (χ2n) is 4.26. The maximum Gasteiger partial charge on any atom is 0.0523 e. The summed E-state index contributed by atoms with van der Waals surface area (Å²) < 4.78 is 13.4. The number of ether oxygens (including phenoxy) is 1. The van der Waals surface area contributed by atoms with Gasteiger partial charge in [0.1, 0.15) is 0 Å². The minimum Gasteiger partial charge on any atom is -0.381 e. The smallest absolute Gasteiger partial charge is 0.0523 e. The van der Waals surface area contributed by atoms with Crippen LogP contribution in [0.15, 0.2) is 0 Å². The van der Waals surface area contributed by atoms with Crippen molar-refractivity contribution in [2.45, 2.75) is 39.0 Å². The van der Waals surface area contributed by atoms with Gasteiger partial charge in [-0.25, -0.2) is 0 Å². The first-order valence-corrected chi connectivity index (χ1v) is 4.70. The largest absolute Gasteiger partial charge is 0.381 e. The van der Waals surface area contributed by atoms with E-state index in [9.17, 15) is 0 Å². The highest BCUT2D eigenvalue weighted by Gasteiger charge is 2.37. The van der Waals surface area contributed by atoms with Crippen molar-refractivity contribution in [1.82, 2.24) is 0 Å². The van der Waals surface area contributed by atoms with Gasteiger partial charge in [0.2, 0.25) is 0 Å². The molecule has 1 nitrogen and oxygen atoms in total. The predicted octanol–water partition coefficient (Wildman–Crippen LogP) is 2.60. The summed E-state index contributed by atoms with van der Waals surface area (Å²) in [5.41, 5.74) is 0.487. The Hall–Kier alpha value is -0.0400. The molecule has 0 aromatic rings. The van der Waals surface area contributed by atoms with Crippen LogP contribution in [0.2, 0.25) is 0 Å². The summed E-state index contributed by atoms with van der Waals surface area (Å²) in [4.78, 5) is 0. The van der Waals surface area contributed by atoms with Crippen LogP contribution in [-0.4, -0.2) is 13.2 Å². The molecule has 1 saturated carbocycles. The lowest BCUT2D eigenvalue weighted by Crippen LogP contribution is -2.26. The van der Waals surface area contributed by atoms with Crippen LogP contribution in [0.5, 0.6) is 0 Å². The van der Waals surface area contributed by atoms with E-state index in [1.807, 2.05) is 0 Å². The average molecular weight is 155 g/mol. The van der Waals surface area contributed by atoms with Crippen LogP contribution in [0.1, 0.15) is 40.4 Å². The van der Waals surface area contributed by atoms with E-state index in [1.165, 1.54) is 19.3 Å². The predicted molar refractivity (Wildman–Crippen MR) is 45.5 cm³/mol. The van der Waals surface area contributed by atoms with Gasteiger partial charge in [-0.2, -0.15) is 0 Å². The number of hydrogen-bond acceptors (Lipinski definition) is 1. The van der Waals surface area contributed by atoms with Crippen molar-refractivity contribution < 1.29 is 6.11 Å². The van der Waals surface area contributed by atoms with Crippen molar-refractivity contribution >= 4 is 0 Å². The fourth-order valence-electron chi connectivity index (χ4n) is 2.25. The SMILES string of the molecule is [2H]C1(C)CCC2(CCOC2)CC1. The van der Waals surface area contributed by atoms with Crippen molar-refractivity contribution in [3.63, 3.8) is 0 Å². The van der Waals surface area contributed by atoms with Crippen LogP contribution in [0.4, 0.5) is 0 Å². The van der Waals surface area contributed by atoms with Crippen molar-refractivity contribution in [3.8, 4) is 0 Å². The highest BCUT2D eigenvalue weighted by Crippen LogP contribution is 2.44. The molecule has 2 rings (SSSR count). The lowest BCUT2D eigenvalue weighted by atomic mass is 9.71. The first-order chi connectivity index (χ1) is 5.62. The highest BCUT2D eigenvalue weighted by molar-refractivity contribution is 4.87. The lowest BCUT2D eigenvalue weighted by Gasteiger charge is -2.34. The summed E-state index contributed by atoms with van der Waals surface area (Å²) in [7, 11) is 0. The van der Waals surface area contributed by atoms with Crippen LogP contribution >= 0.6 is 0 Å². The molecule has 1 heteroatoms. The van der Waals surface area contributed by atoms with Crippen LogP contribution in [0.25, 0.3) is 0 Å². The molecular formula is C10H18O. The van der Waals surface area contributed by atoms with Gasteiger partial charge in [0.15, 0.2) is 0 Å². The Kier molecular flexibility index (Phi) is 1.64. The molecule has 1 aliphatic carbocycles. The molecule has 2 aliphatic rings. The summed E-state index contributed by atoms with van der Waals surface area (Å²) >= 11 is 0. The Morgan fingerprint density at radius 3 is 2.64 bits per heavy atom. The Morgan fingerprint density at radius 2 is 2.09 bits per heavy atom. The second kappa shape index (κ2) is 2.78. The van der Waals surface area contributed by atoms with E-state index in [0.717, 1.165) is 26.1 Å². The topological polar surface area (TPSA) is 9.23 Å². The van der Waals surface area contributed by atoms with Crippen LogP contribution < -0.4 is 0 Å². The van der Waals surface area contributed by atoms with Gasteiger partial charge >= 0.3 is 0 Å². The third kappa shape index (κ3) is 1.44. The molecular weight excluding hydrogens is 136 g/mol. The molecule has 0 unspecified atom stereocenters. The average Bonchev–Trinajstić information content (AvgIpc) is 2.46. The van der Waals surface area contributed by atoms with Gasteiger partial charge in [-0.1, -0.05) is 19.8 Å². The molecule has 64 valence electrons. The van der Waals surface area contributed by atoms with E-state index in [0.29, 0.717) is 5.41 Å². The van der Waals surface area contributed by atoms with Gasteiger partial charge in [-0.15, -0.1) is 0 Å². The summed E-state index contributed by atoms with van der Waals surface area (Å²) in [5, 5.41) is 0. The summed E-state index contributed by atoms with van der Waals surface area (Å²) in [6.45, 7) is 3.98. The monoisotopic (exact) mass is 155 g/mol. The lowest BCUT2D eigenvalue weighted by molar-refractivity contribution is 0.109. The maximum atomic E-state index is 7.93. The molecule has 0 aromatic carbocycles. The van der Waals surface area contributed by atoms with E-state index in [-0.39, 0.29) is 5.89 Å². The fraction of sp³-hybridized carbons (Fsp3) is 1.00. The third-order valence-electron chi connectivity index (χ3n) is 3.35. The molecule has 0 aromatic heterocycles.